The highest BCUT2D eigenvalue weighted by Crippen LogP contribution is 2.26. The molecule has 1 heterocycles. The first-order chi connectivity index (χ1) is 9.69. The molecular weight excluding hydrogens is 258 g/mol. The number of nitrogens with one attached hydrogen (secondary N) is 1. The number of aromatic nitrogens is 3. The molecule has 0 aliphatic rings. The molecule has 108 valence electrons. The van der Waals surface area contributed by atoms with Crippen molar-refractivity contribution < 1.29 is 14.2 Å². The summed E-state index contributed by atoms with van der Waals surface area (Å²) in [5.74, 6) is 2.64. The van der Waals surface area contributed by atoms with Crippen molar-refractivity contribution in [1.82, 2.24) is 15.2 Å². The predicted octanol–water partition coefficient (Wildman–Crippen LogP) is 2.32. The summed E-state index contributed by atoms with van der Waals surface area (Å²) in [5.41, 5.74) is 0. The minimum Gasteiger partial charge on any atom is -0.493 e. The van der Waals surface area contributed by atoms with Gasteiger partial charge in [-0.3, -0.25) is 5.10 Å². The van der Waals surface area contributed by atoms with Crippen molar-refractivity contribution in [1.29, 1.82) is 0 Å². The summed E-state index contributed by atoms with van der Waals surface area (Å²) < 4.78 is 16.3. The van der Waals surface area contributed by atoms with Crippen LogP contribution in [0, 0.1) is 0 Å². The number of benzene rings is 1. The zero-order chi connectivity index (χ0) is 14.4. The standard InChI is InChI=1S/C14H19N3O3/c1-10(2)19-8-13-15-14(17-16-13)9-20-12-7-5-4-6-11(12)18-3/h4-7,10H,8-9H2,1-3H3,(H,15,16,17). The molecule has 1 aromatic heterocycles. The molecule has 0 saturated carbocycles. The van der Waals surface area contributed by atoms with E-state index in [4.69, 9.17) is 14.2 Å². The lowest BCUT2D eigenvalue weighted by molar-refractivity contribution is 0.0614. The van der Waals surface area contributed by atoms with E-state index in [1.165, 1.54) is 0 Å². The van der Waals surface area contributed by atoms with Crippen molar-refractivity contribution in [3.63, 3.8) is 0 Å². The Kier molecular flexibility index (Phi) is 4.95. The summed E-state index contributed by atoms with van der Waals surface area (Å²) in [4.78, 5) is 4.30. The van der Waals surface area contributed by atoms with Crippen LogP contribution in [0.1, 0.15) is 25.5 Å². The van der Waals surface area contributed by atoms with Crippen LogP contribution in [0.2, 0.25) is 0 Å². The molecule has 6 nitrogen and oxygen atoms in total. The smallest absolute Gasteiger partial charge is 0.176 e. The summed E-state index contributed by atoms with van der Waals surface area (Å²) in [7, 11) is 1.61. The zero-order valence-electron chi connectivity index (χ0n) is 11.9. The Morgan fingerprint density at radius 2 is 1.90 bits per heavy atom. The van der Waals surface area contributed by atoms with Gasteiger partial charge in [0.15, 0.2) is 23.1 Å². The van der Waals surface area contributed by atoms with Gasteiger partial charge in [0.25, 0.3) is 0 Å². The highest BCUT2D eigenvalue weighted by molar-refractivity contribution is 5.39. The number of para-hydroxylation sites is 2. The summed E-state index contributed by atoms with van der Waals surface area (Å²) in [6, 6.07) is 7.47. The molecule has 0 aliphatic carbocycles. The zero-order valence-corrected chi connectivity index (χ0v) is 11.9. The highest BCUT2D eigenvalue weighted by atomic mass is 16.5. The monoisotopic (exact) mass is 277 g/mol. The summed E-state index contributed by atoms with van der Waals surface area (Å²) in [5, 5.41) is 6.90. The van der Waals surface area contributed by atoms with E-state index in [-0.39, 0.29) is 6.10 Å². The molecule has 1 aromatic carbocycles. The number of aromatic amines is 1. The van der Waals surface area contributed by atoms with Gasteiger partial charge in [-0.05, 0) is 26.0 Å². The number of hydrogen-bond acceptors (Lipinski definition) is 5. The molecule has 20 heavy (non-hydrogen) atoms. The van der Waals surface area contributed by atoms with Crippen LogP contribution in [-0.2, 0) is 18.0 Å². The van der Waals surface area contributed by atoms with E-state index in [1.54, 1.807) is 7.11 Å². The Morgan fingerprint density at radius 3 is 2.60 bits per heavy atom. The average molecular weight is 277 g/mol. The third kappa shape index (κ3) is 3.96. The SMILES string of the molecule is COc1ccccc1OCc1nc(COC(C)C)n[nH]1. The van der Waals surface area contributed by atoms with E-state index in [0.717, 1.165) is 0 Å². The largest absolute Gasteiger partial charge is 0.493 e. The van der Waals surface area contributed by atoms with E-state index in [1.807, 2.05) is 38.1 Å². The van der Waals surface area contributed by atoms with Gasteiger partial charge in [-0.15, -0.1) is 0 Å². The highest BCUT2D eigenvalue weighted by Gasteiger charge is 2.07. The second-order valence-electron chi connectivity index (χ2n) is 4.50. The number of ether oxygens (including phenoxy) is 3. The summed E-state index contributed by atoms with van der Waals surface area (Å²) in [6.45, 7) is 4.63. The van der Waals surface area contributed by atoms with Crippen LogP contribution in [0.3, 0.4) is 0 Å². The van der Waals surface area contributed by atoms with Gasteiger partial charge >= 0.3 is 0 Å². The van der Waals surface area contributed by atoms with Gasteiger partial charge in [-0.25, -0.2) is 4.98 Å². The fourth-order valence-electron chi connectivity index (χ4n) is 1.59. The maximum atomic E-state index is 5.65. The number of nitrogens with zero attached hydrogens (tertiary/aromatic N) is 2. The molecule has 0 unspecified atom stereocenters. The lowest BCUT2D eigenvalue weighted by Crippen LogP contribution is -2.03. The Hall–Kier alpha value is -2.08. The Bertz CT molecular complexity index is 540. The van der Waals surface area contributed by atoms with E-state index in [9.17, 15) is 0 Å². The van der Waals surface area contributed by atoms with Gasteiger partial charge in [0.05, 0.1) is 13.2 Å². The molecule has 0 amide bonds. The molecule has 2 rings (SSSR count). The Balaban J connectivity index is 1.91. The van der Waals surface area contributed by atoms with Crippen molar-refractivity contribution in [3.05, 3.63) is 35.9 Å². The predicted molar refractivity (Wildman–Crippen MR) is 73.6 cm³/mol. The quantitative estimate of drug-likeness (QED) is 0.841. The normalized spacial score (nSPS) is 10.8. The van der Waals surface area contributed by atoms with Crippen molar-refractivity contribution >= 4 is 0 Å². The molecule has 0 saturated heterocycles. The van der Waals surface area contributed by atoms with Gasteiger partial charge in [0, 0.05) is 0 Å². The number of hydrogen-bond donors (Lipinski definition) is 1. The molecular formula is C14H19N3O3. The Labute approximate surface area is 118 Å². The minimum absolute atomic E-state index is 0.154. The number of methoxy groups -OCH3 is 1. The van der Waals surface area contributed by atoms with Gasteiger partial charge in [-0.2, -0.15) is 5.10 Å². The van der Waals surface area contributed by atoms with Crippen LogP contribution in [0.4, 0.5) is 0 Å². The Morgan fingerprint density at radius 1 is 1.15 bits per heavy atom. The first kappa shape index (κ1) is 14.3. The second-order valence-corrected chi connectivity index (χ2v) is 4.50. The lowest BCUT2D eigenvalue weighted by Gasteiger charge is -2.08. The molecule has 0 atom stereocenters. The number of H-pyrrole nitrogens is 1. The third-order valence-corrected chi connectivity index (χ3v) is 2.56. The van der Waals surface area contributed by atoms with Crippen LogP contribution < -0.4 is 9.47 Å². The maximum Gasteiger partial charge on any atom is 0.176 e. The van der Waals surface area contributed by atoms with Crippen LogP contribution in [0.25, 0.3) is 0 Å². The molecule has 0 fully saturated rings. The molecule has 0 radical (unpaired) electrons. The van der Waals surface area contributed by atoms with Crippen LogP contribution >= 0.6 is 0 Å². The van der Waals surface area contributed by atoms with Crippen molar-refractivity contribution in [2.75, 3.05) is 7.11 Å². The first-order valence-corrected chi connectivity index (χ1v) is 6.46. The topological polar surface area (TPSA) is 69.3 Å². The van der Waals surface area contributed by atoms with E-state index >= 15 is 0 Å². The second kappa shape index (κ2) is 6.91. The van der Waals surface area contributed by atoms with Gasteiger partial charge in [0.1, 0.15) is 13.2 Å². The molecule has 2 aromatic rings. The number of rotatable bonds is 7. The van der Waals surface area contributed by atoms with Crippen molar-refractivity contribution in [2.24, 2.45) is 0 Å². The van der Waals surface area contributed by atoms with E-state index < -0.39 is 0 Å². The van der Waals surface area contributed by atoms with Crippen molar-refractivity contribution in [3.8, 4) is 11.5 Å². The molecule has 6 heteroatoms. The van der Waals surface area contributed by atoms with Crippen molar-refractivity contribution in [2.45, 2.75) is 33.2 Å². The van der Waals surface area contributed by atoms with Gasteiger partial charge in [-0.1, -0.05) is 12.1 Å². The maximum absolute atomic E-state index is 5.65. The fourth-order valence-corrected chi connectivity index (χ4v) is 1.59. The minimum atomic E-state index is 0.154. The molecule has 0 spiro atoms. The average Bonchev–Trinajstić information content (AvgIpc) is 2.91. The molecule has 1 N–H and O–H groups in total. The fraction of sp³-hybridized carbons (Fsp3) is 0.429. The summed E-state index contributed by atoms with van der Waals surface area (Å²) in [6.07, 6.45) is 0.154. The van der Waals surface area contributed by atoms with Crippen LogP contribution in [0.15, 0.2) is 24.3 Å². The van der Waals surface area contributed by atoms with Crippen LogP contribution in [-0.4, -0.2) is 28.4 Å². The van der Waals surface area contributed by atoms with E-state index in [0.29, 0.717) is 36.4 Å². The third-order valence-electron chi connectivity index (χ3n) is 2.56. The molecule has 0 aliphatic heterocycles. The summed E-state index contributed by atoms with van der Waals surface area (Å²) >= 11 is 0. The van der Waals surface area contributed by atoms with Crippen LogP contribution in [0.5, 0.6) is 11.5 Å². The van der Waals surface area contributed by atoms with E-state index in [2.05, 4.69) is 15.2 Å². The van der Waals surface area contributed by atoms with Gasteiger partial charge in [0.2, 0.25) is 0 Å². The first-order valence-electron chi connectivity index (χ1n) is 6.46. The lowest BCUT2D eigenvalue weighted by atomic mass is 10.3. The molecule has 0 bridgehead atoms. The van der Waals surface area contributed by atoms with Gasteiger partial charge < -0.3 is 14.2 Å².